The summed E-state index contributed by atoms with van der Waals surface area (Å²) in [7, 11) is -0.688. The molecule has 1 amide bonds. The summed E-state index contributed by atoms with van der Waals surface area (Å²) in [6.07, 6.45) is 3.08. The lowest BCUT2D eigenvalue weighted by Gasteiger charge is -2.12. The summed E-state index contributed by atoms with van der Waals surface area (Å²) in [6, 6.07) is 1.35. The van der Waals surface area contributed by atoms with Crippen molar-refractivity contribution in [2.45, 2.75) is 4.90 Å². The Kier molecular flexibility index (Phi) is 4.28. The molecule has 2 heterocycles. The first-order valence-electron chi connectivity index (χ1n) is 5.36. The van der Waals surface area contributed by atoms with Gasteiger partial charge in [0.25, 0.3) is 5.91 Å². The monoisotopic (exact) mass is 378 g/mol. The Morgan fingerprint density at radius 1 is 1.55 bits per heavy atom. The first-order chi connectivity index (χ1) is 9.36. The number of aromatic nitrogens is 2. The van der Waals surface area contributed by atoms with Gasteiger partial charge in [-0.2, -0.15) is 5.10 Å². The fourth-order valence-corrected chi connectivity index (χ4v) is 4.72. The molecule has 2 rings (SSSR count). The van der Waals surface area contributed by atoms with Crippen LogP contribution in [0, 0.1) is 0 Å². The molecule has 108 valence electrons. The summed E-state index contributed by atoms with van der Waals surface area (Å²) in [4.78, 5) is 14.0. The molecule has 2 aromatic rings. The highest BCUT2D eigenvalue weighted by atomic mass is 79.9. The molecule has 0 unspecified atom stereocenters. The average Bonchev–Trinajstić information content (AvgIpc) is 3.06. The standard InChI is InChI=1S/C10H11BrN4O3S2/c1-12-20(17,18)8-3-7(19-9(8)11)10(16)15(2)6-4-13-14-5-6/h3-5,12H,1-2H3,(H,13,14). The van der Waals surface area contributed by atoms with Gasteiger partial charge in [0.05, 0.1) is 20.5 Å². The van der Waals surface area contributed by atoms with Crippen molar-refractivity contribution in [3.63, 3.8) is 0 Å². The first-order valence-corrected chi connectivity index (χ1v) is 8.46. The Hall–Kier alpha value is -1.23. The van der Waals surface area contributed by atoms with Gasteiger partial charge in [0, 0.05) is 13.2 Å². The van der Waals surface area contributed by atoms with Crippen molar-refractivity contribution >= 4 is 48.9 Å². The Morgan fingerprint density at radius 2 is 2.25 bits per heavy atom. The molecule has 0 spiro atoms. The average molecular weight is 379 g/mol. The van der Waals surface area contributed by atoms with Crippen LogP contribution < -0.4 is 9.62 Å². The number of thiophene rings is 1. The molecule has 0 aliphatic rings. The number of carbonyl (C=O) groups is 1. The second kappa shape index (κ2) is 5.64. The molecule has 2 aromatic heterocycles. The van der Waals surface area contributed by atoms with Crippen molar-refractivity contribution < 1.29 is 13.2 Å². The van der Waals surface area contributed by atoms with Gasteiger partial charge in [-0.1, -0.05) is 0 Å². The Labute approximate surface area is 128 Å². The molecule has 20 heavy (non-hydrogen) atoms. The molecular formula is C10H11BrN4O3S2. The van der Waals surface area contributed by atoms with E-state index in [1.54, 1.807) is 13.2 Å². The second-order valence-electron chi connectivity index (χ2n) is 3.78. The predicted molar refractivity (Wildman–Crippen MR) is 79.6 cm³/mol. The van der Waals surface area contributed by atoms with Crippen LogP contribution in [0.25, 0.3) is 0 Å². The number of nitrogens with one attached hydrogen (secondary N) is 2. The molecule has 0 saturated carbocycles. The minimum atomic E-state index is -3.60. The normalized spacial score (nSPS) is 11.6. The van der Waals surface area contributed by atoms with Crippen molar-refractivity contribution in [3.8, 4) is 0 Å². The van der Waals surface area contributed by atoms with Crippen LogP contribution in [0.15, 0.2) is 27.1 Å². The van der Waals surface area contributed by atoms with Crippen LogP contribution in [0.4, 0.5) is 5.69 Å². The van der Waals surface area contributed by atoms with Gasteiger partial charge in [-0.15, -0.1) is 11.3 Å². The summed E-state index contributed by atoms with van der Waals surface area (Å²) in [5, 5.41) is 6.38. The van der Waals surface area contributed by atoms with Crippen molar-refractivity contribution in [3.05, 3.63) is 27.1 Å². The molecule has 0 aliphatic heterocycles. The lowest BCUT2D eigenvalue weighted by Crippen LogP contribution is -2.25. The Bertz CT molecular complexity index is 724. The minimum Gasteiger partial charge on any atom is -0.308 e. The maximum atomic E-state index is 12.3. The summed E-state index contributed by atoms with van der Waals surface area (Å²) in [6.45, 7) is 0. The van der Waals surface area contributed by atoms with Crippen molar-refractivity contribution in [1.82, 2.24) is 14.9 Å². The molecule has 0 aliphatic carbocycles. The first kappa shape index (κ1) is 15.2. The van der Waals surface area contributed by atoms with Gasteiger partial charge in [0.2, 0.25) is 10.0 Å². The number of anilines is 1. The second-order valence-corrected chi connectivity index (χ2v) is 8.00. The quantitative estimate of drug-likeness (QED) is 0.840. The molecule has 0 saturated heterocycles. The van der Waals surface area contributed by atoms with E-state index < -0.39 is 10.0 Å². The molecular weight excluding hydrogens is 368 g/mol. The molecule has 0 atom stereocenters. The van der Waals surface area contributed by atoms with Crippen LogP contribution in [0.5, 0.6) is 0 Å². The molecule has 2 N–H and O–H groups in total. The lowest BCUT2D eigenvalue weighted by atomic mass is 10.4. The van der Waals surface area contributed by atoms with Gasteiger partial charge < -0.3 is 4.90 Å². The number of H-pyrrole nitrogens is 1. The fourth-order valence-electron chi connectivity index (χ4n) is 1.46. The number of amides is 1. The smallest absolute Gasteiger partial charge is 0.268 e. The van der Waals surface area contributed by atoms with Crippen LogP contribution in [0.1, 0.15) is 9.67 Å². The maximum absolute atomic E-state index is 12.3. The van der Waals surface area contributed by atoms with Crippen LogP contribution in [0.3, 0.4) is 0 Å². The number of hydrogen-bond donors (Lipinski definition) is 2. The molecule has 0 fully saturated rings. The van der Waals surface area contributed by atoms with Crippen LogP contribution in [-0.2, 0) is 10.0 Å². The van der Waals surface area contributed by atoms with Gasteiger partial charge in [-0.05, 0) is 29.0 Å². The number of carbonyl (C=O) groups excluding carboxylic acids is 1. The topological polar surface area (TPSA) is 95.2 Å². The molecule has 7 nitrogen and oxygen atoms in total. The van der Waals surface area contributed by atoms with E-state index in [2.05, 4.69) is 30.8 Å². The van der Waals surface area contributed by atoms with Gasteiger partial charge in [0.15, 0.2) is 0 Å². The van der Waals surface area contributed by atoms with E-state index >= 15 is 0 Å². The zero-order valence-electron chi connectivity index (χ0n) is 10.5. The van der Waals surface area contributed by atoms with E-state index in [0.717, 1.165) is 11.3 Å². The number of halogens is 1. The Morgan fingerprint density at radius 3 is 2.80 bits per heavy atom. The number of aromatic amines is 1. The van der Waals surface area contributed by atoms with E-state index in [1.165, 1.54) is 24.2 Å². The molecule has 0 radical (unpaired) electrons. The number of hydrogen-bond acceptors (Lipinski definition) is 5. The zero-order valence-corrected chi connectivity index (χ0v) is 13.8. The summed E-state index contributed by atoms with van der Waals surface area (Å²) in [5.74, 6) is -0.311. The summed E-state index contributed by atoms with van der Waals surface area (Å²) in [5.41, 5.74) is 0.595. The van der Waals surface area contributed by atoms with E-state index in [4.69, 9.17) is 0 Å². The molecule has 10 heteroatoms. The maximum Gasteiger partial charge on any atom is 0.268 e. The number of sulfonamides is 1. The minimum absolute atomic E-state index is 0.0499. The van der Waals surface area contributed by atoms with Gasteiger partial charge >= 0.3 is 0 Å². The van der Waals surface area contributed by atoms with Crippen molar-refractivity contribution in [2.24, 2.45) is 0 Å². The van der Waals surface area contributed by atoms with Crippen LogP contribution in [0.2, 0.25) is 0 Å². The van der Waals surface area contributed by atoms with E-state index in [1.807, 2.05) is 0 Å². The molecule has 0 bridgehead atoms. The highest BCUT2D eigenvalue weighted by Crippen LogP contribution is 2.32. The van der Waals surface area contributed by atoms with Crippen molar-refractivity contribution in [2.75, 3.05) is 19.0 Å². The molecule has 0 aromatic carbocycles. The lowest BCUT2D eigenvalue weighted by molar-refractivity contribution is 0.0996. The van der Waals surface area contributed by atoms with E-state index in [-0.39, 0.29) is 10.8 Å². The number of nitrogens with zero attached hydrogens (tertiary/aromatic N) is 2. The third-order valence-corrected chi connectivity index (χ3v) is 6.25. The zero-order chi connectivity index (χ0) is 14.9. The van der Waals surface area contributed by atoms with Crippen molar-refractivity contribution in [1.29, 1.82) is 0 Å². The van der Waals surface area contributed by atoms with Crippen LogP contribution >= 0.6 is 27.3 Å². The predicted octanol–water partition coefficient (Wildman–Crippen LogP) is 1.42. The van der Waals surface area contributed by atoms with Gasteiger partial charge in [-0.25, -0.2) is 13.1 Å². The van der Waals surface area contributed by atoms with E-state index in [0.29, 0.717) is 14.4 Å². The largest absolute Gasteiger partial charge is 0.308 e. The number of rotatable bonds is 4. The van der Waals surface area contributed by atoms with E-state index in [9.17, 15) is 13.2 Å². The summed E-state index contributed by atoms with van der Waals surface area (Å²) >= 11 is 4.24. The Balaban J connectivity index is 2.36. The van der Waals surface area contributed by atoms with Gasteiger partial charge in [-0.3, -0.25) is 9.89 Å². The fraction of sp³-hybridized carbons (Fsp3) is 0.200. The SMILES string of the molecule is CNS(=O)(=O)c1cc(C(=O)N(C)c2cn[nH]c2)sc1Br. The highest BCUT2D eigenvalue weighted by molar-refractivity contribution is 9.11. The highest BCUT2D eigenvalue weighted by Gasteiger charge is 2.24. The van der Waals surface area contributed by atoms with Gasteiger partial charge in [0.1, 0.15) is 4.90 Å². The third kappa shape index (κ3) is 2.77. The van der Waals surface area contributed by atoms with Crippen LogP contribution in [-0.4, -0.2) is 38.6 Å². The summed E-state index contributed by atoms with van der Waals surface area (Å²) < 4.78 is 26.2. The third-order valence-electron chi connectivity index (χ3n) is 2.60.